The average molecular weight is 391 g/mol. The van der Waals surface area contributed by atoms with Crippen LogP contribution in [0, 0.1) is 0 Å². The zero-order chi connectivity index (χ0) is 19.5. The minimum atomic E-state index is 1.18. The fourth-order valence-electron chi connectivity index (χ4n) is 3.65. The Bertz CT molecular complexity index is 1110. The number of aromatic nitrogens is 1. The third-order valence-corrected chi connectivity index (χ3v) is 6.18. The number of rotatable bonds is 4. The van der Waals surface area contributed by atoms with Gasteiger partial charge in [0.05, 0.1) is 5.56 Å². The molecular formula is C27H20NS+. The van der Waals surface area contributed by atoms with Crippen molar-refractivity contribution in [3.63, 3.8) is 0 Å². The molecule has 5 aromatic rings. The summed E-state index contributed by atoms with van der Waals surface area (Å²) in [6.07, 6.45) is 0. The molecule has 138 valence electrons. The summed E-state index contributed by atoms with van der Waals surface area (Å²) < 4.78 is 2.36. The van der Waals surface area contributed by atoms with E-state index in [2.05, 4.69) is 125 Å². The highest BCUT2D eigenvalue weighted by molar-refractivity contribution is 7.06. The first-order valence-electron chi connectivity index (χ1n) is 9.73. The van der Waals surface area contributed by atoms with Gasteiger partial charge in [0.1, 0.15) is 16.4 Å². The number of nitrogens with zero attached hydrogens (tertiary/aromatic N) is 1. The van der Waals surface area contributed by atoms with E-state index in [1.54, 1.807) is 11.5 Å². The van der Waals surface area contributed by atoms with E-state index in [0.717, 1.165) is 0 Å². The van der Waals surface area contributed by atoms with Gasteiger partial charge in [0.15, 0.2) is 0 Å². The lowest BCUT2D eigenvalue weighted by atomic mass is 9.96. The molecule has 0 unspecified atom stereocenters. The van der Waals surface area contributed by atoms with E-state index in [1.807, 2.05) is 0 Å². The molecule has 2 heteroatoms. The van der Waals surface area contributed by atoms with Gasteiger partial charge < -0.3 is 0 Å². The van der Waals surface area contributed by atoms with Crippen LogP contribution >= 0.6 is 11.5 Å². The van der Waals surface area contributed by atoms with Crippen molar-refractivity contribution in [2.24, 2.45) is 0 Å². The van der Waals surface area contributed by atoms with Crippen LogP contribution in [0.15, 0.2) is 121 Å². The molecule has 0 amide bonds. The zero-order valence-electron chi connectivity index (χ0n) is 15.9. The quantitative estimate of drug-likeness (QED) is 0.290. The molecule has 0 radical (unpaired) electrons. The Balaban J connectivity index is 1.89. The summed E-state index contributed by atoms with van der Waals surface area (Å²) in [5, 5.41) is 0. The van der Waals surface area contributed by atoms with E-state index < -0.39 is 0 Å². The van der Waals surface area contributed by atoms with Gasteiger partial charge in [-0.2, -0.15) is 0 Å². The summed E-state index contributed by atoms with van der Waals surface area (Å²) >= 11 is 1.80. The molecule has 29 heavy (non-hydrogen) atoms. The summed E-state index contributed by atoms with van der Waals surface area (Å²) in [5.74, 6) is 0. The molecule has 0 fully saturated rings. The van der Waals surface area contributed by atoms with Crippen molar-refractivity contribution in [2.75, 3.05) is 0 Å². The van der Waals surface area contributed by atoms with Crippen molar-refractivity contribution >= 4 is 11.5 Å². The summed E-state index contributed by atoms with van der Waals surface area (Å²) in [5.41, 5.74) is 7.37. The number of para-hydroxylation sites is 1. The van der Waals surface area contributed by atoms with Crippen molar-refractivity contribution < 1.29 is 3.96 Å². The number of hydrogen-bond donors (Lipinski definition) is 0. The lowest BCUT2D eigenvalue weighted by molar-refractivity contribution is -0.507. The first-order chi connectivity index (χ1) is 14.4. The molecule has 0 saturated heterocycles. The van der Waals surface area contributed by atoms with E-state index >= 15 is 0 Å². The van der Waals surface area contributed by atoms with Crippen molar-refractivity contribution in [3.8, 4) is 38.5 Å². The number of benzene rings is 4. The SMILES string of the molecule is c1ccc(-c2s[n+](-c3ccccc3)c(-c3ccccc3)c2-c2ccccc2)cc1. The maximum Gasteiger partial charge on any atom is 0.242 e. The maximum atomic E-state index is 2.36. The van der Waals surface area contributed by atoms with Crippen LogP contribution in [0.4, 0.5) is 0 Å². The third-order valence-electron chi connectivity index (χ3n) is 4.99. The molecular weight excluding hydrogens is 370 g/mol. The standard InChI is InChI=1S/C27H20NS/c1-5-13-21(14-6-1)25-26(22-15-7-2-8-16-22)28(24-19-11-4-12-20-24)29-27(25)23-17-9-3-10-18-23/h1-20H/q+1. The van der Waals surface area contributed by atoms with Crippen LogP contribution in [0.5, 0.6) is 0 Å². The minimum Gasteiger partial charge on any atom is -0.0938 e. The van der Waals surface area contributed by atoms with Gasteiger partial charge in [-0.05, 0) is 23.3 Å². The second-order valence-electron chi connectivity index (χ2n) is 6.87. The molecule has 5 rings (SSSR count). The van der Waals surface area contributed by atoms with Crippen LogP contribution in [-0.4, -0.2) is 0 Å². The average Bonchev–Trinajstić information content (AvgIpc) is 3.22. The normalized spacial score (nSPS) is 10.8. The zero-order valence-corrected chi connectivity index (χ0v) is 16.7. The van der Waals surface area contributed by atoms with Gasteiger partial charge in [0.25, 0.3) is 0 Å². The van der Waals surface area contributed by atoms with Gasteiger partial charge in [-0.1, -0.05) is 101 Å². The van der Waals surface area contributed by atoms with Crippen LogP contribution in [0.3, 0.4) is 0 Å². The Morgan fingerprint density at radius 2 is 0.897 bits per heavy atom. The van der Waals surface area contributed by atoms with E-state index in [1.165, 1.54) is 38.5 Å². The Morgan fingerprint density at radius 1 is 0.448 bits per heavy atom. The molecule has 0 bridgehead atoms. The Hall–Kier alpha value is -3.49. The molecule has 1 heterocycles. The highest BCUT2D eigenvalue weighted by Crippen LogP contribution is 2.42. The lowest BCUT2D eigenvalue weighted by Gasteiger charge is -2.04. The van der Waals surface area contributed by atoms with Crippen molar-refractivity contribution in [1.82, 2.24) is 0 Å². The molecule has 0 N–H and O–H groups in total. The van der Waals surface area contributed by atoms with E-state index in [4.69, 9.17) is 0 Å². The van der Waals surface area contributed by atoms with Crippen molar-refractivity contribution in [2.45, 2.75) is 0 Å². The fourth-order valence-corrected chi connectivity index (χ4v) is 4.90. The van der Waals surface area contributed by atoms with Gasteiger partial charge in [-0.15, -0.1) is 0 Å². The smallest absolute Gasteiger partial charge is 0.0938 e. The first kappa shape index (κ1) is 17.6. The second-order valence-corrected chi connectivity index (χ2v) is 7.83. The van der Waals surface area contributed by atoms with Crippen LogP contribution in [-0.2, 0) is 0 Å². The first-order valence-corrected chi connectivity index (χ1v) is 10.5. The minimum absolute atomic E-state index is 1.18. The maximum absolute atomic E-state index is 2.36. The van der Waals surface area contributed by atoms with Gasteiger partial charge in [0, 0.05) is 17.7 Å². The van der Waals surface area contributed by atoms with E-state index in [-0.39, 0.29) is 0 Å². The molecule has 0 aliphatic carbocycles. The highest BCUT2D eigenvalue weighted by atomic mass is 32.1. The lowest BCUT2D eigenvalue weighted by Crippen LogP contribution is -2.27. The molecule has 4 aromatic carbocycles. The third kappa shape index (κ3) is 3.39. The molecule has 0 saturated carbocycles. The molecule has 0 aliphatic rings. The molecule has 0 aliphatic heterocycles. The predicted molar refractivity (Wildman–Crippen MR) is 122 cm³/mol. The largest absolute Gasteiger partial charge is 0.242 e. The van der Waals surface area contributed by atoms with Crippen LogP contribution in [0.1, 0.15) is 0 Å². The predicted octanol–water partition coefficient (Wildman–Crippen LogP) is 7.03. The van der Waals surface area contributed by atoms with Crippen molar-refractivity contribution in [3.05, 3.63) is 121 Å². The van der Waals surface area contributed by atoms with E-state index in [0.29, 0.717) is 0 Å². The fraction of sp³-hybridized carbons (Fsp3) is 0. The Morgan fingerprint density at radius 3 is 1.45 bits per heavy atom. The summed E-state index contributed by atoms with van der Waals surface area (Å²) in [6.45, 7) is 0. The van der Waals surface area contributed by atoms with Gasteiger partial charge >= 0.3 is 0 Å². The van der Waals surface area contributed by atoms with Gasteiger partial charge in [0.2, 0.25) is 11.4 Å². The van der Waals surface area contributed by atoms with Crippen molar-refractivity contribution in [1.29, 1.82) is 0 Å². The molecule has 0 atom stereocenters. The van der Waals surface area contributed by atoms with Crippen LogP contribution < -0.4 is 3.96 Å². The van der Waals surface area contributed by atoms with Crippen LogP contribution in [0.2, 0.25) is 0 Å². The monoisotopic (exact) mass is 390 g/mol. The highest BCUT2D eigenvalue weighted by Gasteiger charge is 2.30. The van der Waals surface area contributed by atoms with Gasteiger partial charge in [-0.25, -0.2) is 0 Å². The second kappa shape index (κ2) is 7.86. The van der Waals surface area contributed by atoms with E-state index in [9.17, 15) is 0 Å². The topological polar surface area (TPSA) is 3.88 Å². The molecule has 1 nitrogen and oxygen atoms in total. The molecule has 0 spiro atoms. The number of hydrogen-bond acceptors (Lipinski definition) is 1. The van der Waals surface area contributed by atoms with Gasteiger partial charge in [-0.3, -0.25) is 0 Å². The Kier molecular flexibility index (Phi) is 4.77. The molecule has 1 aromatic heterocycles. The Labute approximate surface area is 175 Å². The summed E-state index contributed by atoms with van der Waals surface area (Å²) in [7, 11) is 0. The van der Waals surface area contributed by atoms with Crippen LogP contribution in [0.25, 0.3) is 38.5 Å². The summed E-state index contributed by atoms with van der Waals surface area (Å²) in [6, 6.07) is 42.7. The summed E-state index contributed by atoms with van der Waals surface area (Å²) in [4.78, 5) is 1.28.